The van der Waals surface area contributed by atoms with Crippen molar-refractivity contribution < 1.29 is 42.5 Å². The molecule has 0 N–H and O–H groups in total. The number of carbonyl (C=O) groups is 3. The van der Waals surface area contributed by atoms with Crippen molar-refractivity contribution in [3.05, 3.63) is 77.1 Å². The summed E-state index contributed by atoms with van der Waals surface area (Å²) in [4.78, 5) is 36.0. The van der Waals surface area contributed by atoms with E-state index in [1.54, 1.807) is 19.9 Å². The molecule has 1 heterocycles. The van der Waals surface area contributed by atoms with Gasteiger partial charge in [0, 0.05) is 16.7 Å². The molecule has 0 amide bonds. The third kappa shape index (κ3) is 11.2. The Bertz CT molecular complexity index is 1540. The monoisotopic (exact) mass is 706 g/mol. The van der Waals surface area contributed by atoms with Crippen LogP contribution in [0.5, 0.6) is 5.75 Å². The summed E-state index contributed by atoms with van der Waals surface area (Å²) in [5.74, 6) is 0.434. The zero-order valence-corrected chi connectivity index (χ0v) is 30.9. The highest BCUT2D eigenvalue weighted by Gasteiger charge is 2.41. The van der Waals surface area contributed by atoms with Crippen molar-refractivity contribution in [2.45, 2.75) is 104 Å². The Morgan fingerprint density at radius 2 is 1.55 bits per heavy atom. The smallest absolute Gasteiger partial charge is 0.492 e. The third-order valence-electron chi connectivity index (χ3n) is 10.0. The van der Waals surface area contributed by atoms with E-state index in [-0.39, 0.29) is 44.4 Å². The van der Waals surface area contributed by atoms with Crippen LogP contribution in [0.15, 0.2) is 54.6 Å². The fraction of sp³-hybridized carbons (Fsp3) is 0.548. The Kier molecular flexibility index (Phi) is 14.7. The molecular weight excluding hydrogens is 651 g/mol. The zero-order chi connectivity index (χ0) is 37.0. The minimum atomic E-state index is -0.963. The highest BCUT2D eigenvalue weighted by atomic mass is 19.1. The van der Waals surface area contributed by atoms with Crippen LogP contribution < -0.4 is 4.74 Å². The second-order valence-corrected chi connectivity index (χ2v) is 14.4. The lowest BCUT2D eigenvalue weighted by Gasteiger charge is -2.35. The van der Waals surface area contributed by atoms with Gasteiger partial charge in [-0.25, -0.2) is 18.8 Å². The number of benzene rings is 2. The molecule has 2 aliphatic rings. The van der Waals surface area contributed by atoms with Gasteiger partial charge in [0.25, 0.3) is 0 Å². The fourth-order valence-electron chi connectivity index (χ4n) is 6.85. The fourth-order valence-corrected chi connectivity index (χ4v) is 6.85. The van der Waals surface area contributed by atoms with E-state index >= 15 is 4.39 Å². The molecule has 1 saturated heterocycles. The van der Waals surface area contributed by atoms with E-state index in [4.69, 9.17) is 23.7 Å². The highest BCUT2D eigenvalue weighted by Crippen LogP contribution is 2.40. The SMILES string of the molecule is C=C(C)C(=O)OCCCc1cc(-c2ccc(C3CCC(CCCCC)CC3)cc2F)c(CC)cc1OCC1(COC(=O)C(=C)C)COC(=O)OC1. The number of unbranched alkanes of at least 4 members (excludes halogenated alkanes) is 2. The average molecular weight is 707 g/mol. The second kappa shape index (κ2) is 18.9. The first-order valence-electron chi connectivity index (χ1n) is 18.5. The Balaban J connectivity index is 1.58. The number of hydrogen-bond donors (Lipinski definition) is 0. The molecule has 4 rings (SSSR count). The zero-order valence-electron chi connectivity index (χ0n) is 30.9. The van der Waals surface area contributed by atoms with E-state index < -0.39 is 23.5 Å². The van der Waals surface area contributed by atoms with Crippen LogP contribution in [0.1, 0.15) is 108 Å². The lowest BCUT2D eigenvalue weighted by molar-refractivity contribution is -0.151. The Labute approximate surface area is 302 Å². The number of halogens is 1. The van der Waals surface area contributed by atoms with Gasteiger partial charge in [-0.15, -0.1) is 0 Å². The topological polar surface area (TPSA) is 97.4 Å². The number of hydrogen-bond acceptors (Lipinski definition) is 8. The van der Waals surface area contributed by atoms with E-state index in [2.05, 4.69) is 26.1 Å². The van der Waals surface area contributed by atoms with Gasteiger partial charge in [-0.05, 0) is 111 Å². The van der Waals surface area contributed by atoms with E-state index in [0.29, 0.717) is 42.1 Å². The summed E-state index contributed by atoms with van der Waals surface area (Å²) in [5, 5.41) is 0. The van der Waals surface area contributed by atoms with Crippen LogP contribution in [0.25, 0.3) is 11.1 Å². The molecule has 1 aliphatic heterocycles. The van der Waals surface area contributed by atoms with Crippen LogP contribution in [-0.2, 0) is 41.4 Å². The first-order valence-corrected chi connectivity index (χ1v) is 18.5. The molecule has 2 aromatic carbocycles. The maximum atomic E-state index is 16.1. The average Bonchev–Trinajstić information content (AvgIpc) is 3.12. The molecule has 9 heteroatoms. The third-order valence-corrected chi connectivity index (χ3v) is 10.0. The Hall–Kier alpha value is -4.14. The number of carbonyl (C=O) groups excluding carboxylic acids is 3. The number of cyclic esters (lactones) is 2. The highest BCUT2D eigenvalue weighted by molar-refractivity contribution is 5.87. The molecule has 0 spiro atoms. The summed E-state index contributed by atoms with van der Waals surface area (Å²) in [7, 11) is 0. The number of rotatable bonds is 18. The van der Waals surface area contributed by atoms with Crippen molar-refractivity contribution in [2.75, 3.05) is 33.0 Å². The summed E-state index contributed by atoms with van der Waals surface area (Å²) < 4.78 is 43.7. The molecular formula is C42H55FO8. The lowest BCUT2D eigenvalue weighted by Crippen LogP contribution is -2.47. The first-order chi connectivity index (χ1) is 24.4. The molecule has 51 heavy (non-hydrogen) atoms. The van der Waals surface area contributed by atoms with Gasteiger partial charge in [0.15, 0.2) is 0 Å². The molecule has 0 unspecified atom stereocenters. The number of ether oxygens (including phenoxy) is 5. The van der Waals surface area contributed by atoms with Crippen molar-refractivity contribution in [3.8, 4) is 16.9 Å². The minimum absolute atomic E-state index is 0.00774. The van der Waals surface area contributed by atoms with Gasteiger partial charge in [0.05, 0.1) is 6.61 Å². The molecule has 1 aliphatic carbocycles. The van der Waals surface area contributed by atoms with Gasteiger partial charge < -0.3 is 23.7 Å². The maximum Gasteiger partial charge on any atom is 0.508 e. The van der Waals surface area contributed by atoms with Crippen LogP contribution in [0.4, 0.5) is 9.18 Å². The normalized spacial score (nSPS) is 18.3. The number of esters is 2. The van der Waals surface area contributed by atoms with Crippen LogP contribution in [0.3, 0.4) is 0 Å². The van der Waals surface area contributed by atoms with E-state index in [0.717, 1.165) is 41.0 Å². The van der Waals surface area contributed by atoms with Gasteiger partial charge in [0.2, 0.25) is 0 Å². The Morgan fingerprint density at radius 3 is 2.18 bits per heavy atom. The van der Waals surface area contributed by atoms with Crippen molar-refractivity contribution in [1.82, 2.24) is 0 Å². The van der Waals surface area contributed by atoms with Crippen LogP contribution in [0.2, 0.25) is 0 Å². The molecule has 2 fully saturated rings. The van der Waals surface area contributed by atoms with Crippen molar-refractivity contribution in [3.63, 3.8) is 0 Å². The predicted molar refractivity (Wildman–Crippen MR) is 195 cm³/mol. The molecule has 8 nitrogen and oxygen atoms in total. The van der Waals surface area contributed by atoms with Gasteiger partial charge in [-0.1, -0.05) is 64.8 Å². The van der Waals surface area contributed by atoms with Gasteiger partial charge in [-0.3, -0.25) is 0 Å². The molecule has 0 bridgehead atoms. The van der Waals surface area contributed by atoms with Crippen molar-refractivity contribution in [1.29, 1.82) is 0 Å². The minimum Gasteiger partial charge on any atom is -0.492 e. The quantitative estimate of drug-likeness (QED) is 0.0655. The molecule has 1 saturated carbocycles. The van der Waals surface area contributed by atoms with Gasteiger partial charge in [-0.2, -0.15) is 0 Å². The van der Waals surface area contributed by atoms with Crippen LogP contribution in [0, 0.1) is 17.2 Å². The van der Waals surface area contributed by atoms with E-state index in [1.165, 1.54) is 38.5 Å². The standard InChI is InChI=1S/C42H55FO8/c1-7-9-10-12-30-14-16-32(17-15-30)33-18-19-35(37(43)22-33)36-21-34(13-11-20-47-39(44)28(3)4)38(23-31(36)8-2)48-24-42(25-49-40(45)29(5)6)26-50-41(46)51-27-42/h18-19,21-23,30,32H,3,5,7-17,20,24-27H2,1-2,4,6H3. The summed E-state index contributed by atoms with van der Waals surface area (Å²) in [5.41, 5.74) is 3.66. The summed E-state index contributed by atoms with van der Waals surface area (Å²) in [6, 6.07) is 9.59. The van der Waals surface area contributed by atoms with Crippen LogP contribution in [-0.4, -0.2) is 51.1 Å². The van der Waals surface area contributed by atoms with Gasteiger partial charge >= 0.3 is 18.1 Å². The summed E-state index contributed by atoms with van der Waals surface area (Å²) >= 11 is 0. The maximum absolute atomic E-state index is 16.1. The molecule has 2 aromatic rings. The second-order valence-electron chi connectivity index (χ2n) is 14.4. The molecule has 0 atom stereocenters. The van der Waals surface area contributed by atoms with Crippen molar-refractivity contribution >= 4 is 18.1 Å². The van der Waals surface area contributed by atoms with E-state index in [9.17, 15) is 14.4 Å². The first kappa shape index (κ1) is 39.6. The van der Waals surface area contributed by atoms with Crippen molar-refractivity contribution in [2.24, 2.45) is 11.3 Å². The number of aryl methyl sites for hydroxylation is 2. The predicted octanol–water partition coefficient (Wildman–Crippen LogP) is 9.61. The lowest BCUT2D eigenvalue weighted by atomic mass is 9.76. The largest absolute Gasteiger partial charge is 0.508 e. The van der Waals surface area contributed by atoms with Crippen LogP contribution >= 0.6 is 0 Å². The van der Waals surface area contributed by atoms with Gasteiger partial charge in [0.1, 0.15) is 43.4 Å². The molecule has 0 radical (unpaired) electrons. The summed E-state index contributed by atoms with van der Waals surface area (Å²) in [6.07, 6.45) is 10.5. The summed E-state index contributed by atoms with van der Waals surface area (Å²) in [6.45, 7) is 14.6. The van der Waals surface area contributed by atoms with E-state index in [1.807, 2.05) is 25.1 Å². The molecule has 278 valence electrons. The molecule has 0 aromatic heterocycles. The Morgan fingerprint density at radius 1 is 0.863 bits per heavy atom.